The summed E-state index contributed by atoms with van der Waals surface area (Å²) in [6.07, 6.45) is -6.73. The van der Waals surface area contributed by atoms with Gasteiger partial charge in [0.05, 0.1) is 31.0 Å². The van der Waals surface area contributed by atoms with Gasteiger partial charge in [0.1, 0.15) is 18.3 Å². The lowest BCUT2D eigenvalue weighted by atomic mass is 9.75. The summed E-state index contributed by atoms with van der Waals surface area (Å²) in [5.74, 6) is -1.15. The standard InChI is InChI=1S/C16H30O8/c1-2-7-3-9(13(20)15(22)11(7)18)6-24-10-4-8(5-17)12(19)16(23)14(10)21/h7-23H,2-6H2,1H3. The first kappa shape index (κ1) is 20.0. The first-order chi connectivity index (χ1) is 11.3. The fraction of sp³-hybridized carbons (Fsp3) is 1.00. The van der Waals surface area contributed by atoms with Crippen molar-refractivity contribution in [3.63, 3.8) is 0 Å². The highest BCUT2D eigenvalue weighted by atomic mass is 16.5. The Kier molecular flexibility index (Phi) is 6.98. The summed E-state index contributed by atoms with van der Waals surface area (Å²) < 4.78 is 5.65. The lowest BCUT2D eigenvalue weighted by Gasteiger charge is -2.43. The molecular weight excluding hydrogens is 320 g/mol. The van der Waals surface area contributed by atoms with Crippen molar-refractivity contribution in [3.8, 4) is 0 Å². The van der Waals surface area contributed by atoms with Crippen molar-refractivity contribution in [3.05, 3.63) is 0 Å². The molecule has 0 saturated heterocycles. The summed E-state index contributed by atoms with van der Waals surface area (Å²) in [5.41, 5.74) is 0. The van der Waals surface area contributed by atoms with Crippen LogP contribution in [0.4, 0.5) is 0 Å². The Morgan fingerprint density at radius 3 is 1.83 bits per heavy atom. The second-order valence-electron chi connectivity index (χ2n) is 7.16. The second-order valence-corrected chi connectivity index (χ2v) is 7.16. The average Bonchev–Trinajstić information content (AvgIpc) is 2.58. The van der Waals surface area contributed by atoms with Gasteiger partial charge in [0, 0.05) is 18.4 Å². The highest BCUT2D eigenvalue weighted by Crippen LogP contribution is 2.34. The monoisotopic (exact) mass is 350 g/mol. The van der Waals surface area contributed by atoms with Crippen LogP contribution < -0.4 is 0 Å². The number of hydrogen-bond donors (Lipinski definition) is 7. The predicted octanol–water partition coefficient (Wildman–Crippen LogP) is -2.40. The van der Waals surface area contributed by atoms with Crippen LogP contribution in [0.25, 0.3) is 0 Å². The third-order valence-electron chi connectivity index (χ3n) is 5.65. The molecule has 142 valence electrons. The molecule has 2 saturated carbocycles. The summed E-state index contributed by atoms with van der Waals surface area (Å²) in [6, 6.07) is 0. The summed E-state index contributed by atoms with van der Waals surface area (Å²) in [7, 11) is 0. The van der Waals surface area contributed by atoms with E-state index in [9.17, 15) is 35.7 Å². The van der Waals surface area contributed by atoms with E-state index in [1.54, 1.807) is 0 Å². The van der Waals surface area contributed by atoms with Gasteiger partial charge in [-0.1, -0.05) is 13.3 Å². The van der Waals surface area contributed by atoms with Crippen LogP contribution in [0, 0.1) is 17.8 Å². The van der Waals surface area contributed by atoms with Gasteiger partial charge < -0.3 is 40.5 Å². The van der Waals surface area contributed by atoms with Crippen LogP contribution in [-0.4, -0.2) is 91.7 Å². The van der Waals surface area contributed by atoms with Crippen LogP contribution in [0.3, 0.4) is 0 Å². The van der Waals surface area contributed by atoms with Gasteiger partial charge in [-0.05, 0) is 18.8 Å². The van der Waals surface area contributed by atoms with Gasteiger partial charge in [-0.25, -0.2) is 0 Å². The van der Waals surface area contributed by atoms with E-state index in [2.05, 4.69) is 0 Å². The van der Waals surface area contributed by atoms with Crippen LogP contribution in [0.5, 0.6) is 0 Å². The summed E-state index contributed by atoms with van der Waals surface area (Å²) in [5, 5.41) is 69.0. The van der Waals surface area contributed by atoms with Crippen molar-refractivity contribution in [2.45, 2.75) is 68.9 Å². The lowest BCUT2D eigenvalue weighted by molar-refractivity contribution is -0.194. The van der Waals surface area contributed by atoms with Crippen LogP contribution in [0.15, 0.2) is 0 Å². The average molecular weight is 350 g/mol. The molecule has 2 fully saturated rings. The quantitative estimate of drug-likeness (QED) is 0.290. The Morgan fingerprint density at radius 2 is 1.25 bits per heavy atom. The Bertz CT molecular complexity index is 354. The smallest absolute Gasteiger partial charge is 0.109 e. The van der Waals surface area contributed by atoms with Gasteiger partial charge in [-0.2, -0.15) is 0 Å². The van der Waals surface area contributed by atoms with E-state index in [4.69, 9.17) is 4.74 Å². The zero-order chi connectivity index (χ0) is 18.0. The molecule has 0 aromatic rings. The van der Waals surface area contributed by atoms with Gasteiger partial charge in [0.25, 0.3) is 0 Å². The number of aliphatic hydroxyl groups is 7. The van der Waals surface area contributed by atoms with Gasteiger partial charge >= 0.3 is 0 Å². The largest absolute Gasteiger partial charge is 0.396 e. The van der Waals surface area contributed by atoms with Crippen molar-refractivity contribution >= 4 is 0 Å². The highest BCUT2D eigenvalue weighted by molar-refractivity contribution is 4.95. The normalized spacial score (nSPS) is 50.0. The van der Waals surface area contributed by atoms with Crippen LogP contribution in [-0.2, 0) is 4.74 Å². The van der Waals surface area contributed by atoms with Crippen LogP contribution >= 0.6 is 0 Å². The maximum atomic E-state index is 10.1. The van der Waals surface area contributed by atoms with Crippen molar-refractivity contribution < 1.29 is 40.5 Å². The molecule has 10 atom stereocenters. The zero-order valence-electron chi connectivity index (χ0n) is 13.8. The number of rotatable bonds is 5. The molecule has 8 nitrogen and oxygen atoms in total. The molecule has 2 aliphatic rings. The number of ether oxygens (including phenoxy) is 1. The number of hydrogen-bond acceptors (Lipinski definition) is 8. The van der Waals surface area contributed by atoms with Crippen molar-refractivity contribution in [2.75, 3.05) is 13.2 Å². The van der Waals surface area contributed by atoms with E-state index in [1.165, 1.54) is 0 Å². The Balaban J connectivity index is 1.96. The highest BCUT2D eigenvalue weighted by Gasteiger charge is 2.45. The summed E-state index contributed by atoms with van der Waals surface area (Å²) >= 11 is 0. The third-order valence-corrected chi connectivity index (χ3v) is 5.65. The molecule has 0 amide bonds. The molecule has 2 rings (SSSR count). The van der Waals surface area contributed by atoms with Crippen molar-refractivity contribution in [2.24, 2.45) is 17.8 Å². The first-order valence-corrected chi connectivity index (χ1v) is 8.62. The van der Waals surface area contributed by atoms with E-state index >= 15 is 0 Å². The van der Waals surface area contributed by atoms with Gasteiger partial charge in [0.15, 0.2) is 0 Å². The summed E-state index contributed by atoms with van der Waals surface area (Å²) in [6.45, 7) is 1.61. The minimum atomic E-state index is -1.41. The molecule has 8 heteroatoms. The minimum absolute atomic E-state index is 0.0458. The Morgan fingerprint density at radius 1 is 0.708 bits per heavy atom. The fourth-order valence-corrected chi connectivity index (χ4v) is 3.88. The van der Waals surface area contributed by atoms with E-state index in [-0.39, 0.29) is 25.6 Å². The van der Waals surface area contributed by atoms with Gasteiger partial charge in [0.2, 0.25) is 0 Å². The Labute approximate surface area is 141 Å². The molecule has 0 aliphatic heterocycles. The van der Waals surface area contributed by atoms with Crippen LogP contribution in [0.2, 0.25) is 0 Å². The molecule has 0 radical (unpaired) electrons. The zero-order valence-corrected chi connectivity index (χ0v) is 13.8. The topological polar surface area (TPSA) is 151 Å². The van der Waals surface area contributed by atoms with Crippen LogP contribution in [0.1, 0.15) is 26.2 Å². The van der Waals surface area contributed by atoms with E-state index in [0.29, 0.717) is 12.8 Å². The molecule has 2 aliphatic carbocycles. The molecule has 0 aromatic carbocycles. The fourth-order valence-electron chi connectivity index (χ4n) is 3.88. The van der Waals surface area contributed by atoms with Crippen molar-refractivity contribution in [1.82, 2.24) is 0 Å². The van der Waals surface area contributed by atoms with E-state index in [0.717, 1.165) is 0 Å². The minimum Gasteiger partial charge on any atom is -0.396 e. The maximum Gasteiger partial charge on any atom is 0.109 e. The third kappa shape index (κ3) is 3.91. The number of aliphatic hydroxyl groups excluding tert-OH is 7. The van der Waals surface area contributed by atoms with Gasteiger partial charge in [-0.15, -0.1) is 0 Å². The van der Waals surface area contributed by atoms with Gasteiger partial charge in [-0.3, -0.25) is 0 Å². The second kappa shape index (κ2) is 8.37. The molecule has 7 N–H and O–H groups in total. The molecular formula is C16H30O8. The molecule has 0 spiro atoms. The molecule has 0 heterocycles. The lowest BCUT2D eigenvalue weighted by Crippen LogP contribution is -2.56. The molecule has 0 bridgehead atoms. The van der Waals surface area contributed by atoms with E-state index < -0.39 is 54.6 Å². The maximum absolute atomic E-state index is 10.1. The molecule has 10 unspecified atom stereocenters. The van der Waals surface area contributed by atoms with E-state index in [1.807, 2.05) is 6.92 Å². The Hall–Kier alpha value is -0.320. The molecule has 24 heavy (non-hydrogen) atoms. The molecule has 0 aromatic heterocycles. The summed E-state index contributed by atoms with van der Waals surface area (Å²) in [4.78, 5) is 0. The predicted molar refractivity (Wildman–Crippen MR) is 82.9 cm³/mol. The van der Waals surface area contributed by atoms with Crippen molar-refractivity contribution in [1.29, 1.82) is 0 Å². The SMILES string of the molecule is CCC1CC(COC2CC(CO)C(O)C(O)C2O)C(O)C(O)C1O. The first-order valence-electron chi connectivity index (χ1n) is 8.62.